The molecule has 1 amide bonds. The average Bonchev–Trinajstić information content (AvgIpc) is 3.35. The molecule has 0 fully saturated rings. The number of nitrogens with one attached hydrogen (secondary N) is 1. The lowest BCUT2D eigenvalue weighted by Crippen LogP contribution is -2.55. The first-order valence-electron chi connectivity index (χ1n) is 10.5. The number of carbonyl (C=O) groups excluding carboxylic acids is 1. The lowest BCUT2D eigenvalue weighted by Gasteiger charge is -2.44. The molecule has 6 rings (SSSR count). The highest BCUT2D eigenvalue weighted by atomic mass is 79.9. The van der Waals surface area contributed by atoms with Gasteiger partial charge in [-0.3, -0.25) is 4.79 Å². The fraction of sp³-hybridized carbons (Fsp3) is 0.200. The molecule has 31 heavy (non-hydrogen) atoms. The van der Waals surface area contributed by atoms with Crippen molar-refractivity contribution in [2.24, 2.45) is 5.10 Å². The molecule has 6 heteroatoms. The monoisotopic (exact) mass is 473 g/mol. The van der Waals surface area contributed by atoms with Gasteiger partial charge in [0.1, 0.15) is 5.75 Å². The average molecular weight is 474 g/mol. The molecule has 154 valence electrons. The third kappa shape index (κ3) is 2.61. The van der Waals surface area contributed by atoms with Crippen LogP contribution in [0.4, 0.5) is 5.69 Å². The molecule has 0 saturated heterocycles. The lowest BCUT2D eigenvalue weighted by molar-refractivity contribution is -0.161. The number of carbonyl (C=O) groups is 1. The first-order valence-corrected chi connectivity index (χ1v) is 11.2. The minimum atomic E-state index is -1.31. The Balaban J connectivity index is 1.56. The van der Waals surface area contributed by atoms with Crippen LogP contribution in [0.25, 0.3) is 0 Å². The van der Waals surface area contributed by atoms with Crippen molar-refractivity contribution in [1.82, 2.24) is 5.01 Å². The van der Waals surface area contributed by atoms with E-state index < -0.39 is 5.72 Å². The van der Waals surface area contributed by atoms with Gasteiger partial charge in [-0.25, -0.2) is 5.01 Å². The summed E-state index contributed by atoms with van der Waals surface area (Å²) in [5.41, 5.74) is 4.51. The fourth-order valence-electron chi connectivity index (χ4n) is 4.77. The van der Waals surface area contributed by atoms with E-state index >= 15 is 0 Å². The number of para-hydroxylation sites is 1. The van der Waals surface area contributed by atoms with Gasteiger partial charge in [-0.15, -0.1) is 0 Å². The Morgan fingerprint density at radius 2 is 1.97 bits per heavy atom. The van der Waals surface area contributed by atoms with Gasteiger partial charge in [0.25, 0.3) is 5.91 Å². The topological polar surface area (TPSA) is 53.9 Å². The minimum absolute atomic E-state index is 0.0782. The van der Waals surface area contributed by atoms with Gasteiger partial charge in [0.2, 0.25) is 0 Å². The Labute approximate surface area is 188 Å². The van der Waals surface area contributed by atoms with Crippen LogP contribution in [-0.2, 0) is 16.9 Å². The van der Waals surface area contributed by atoms with Gasteiger partial charge in [-0.1, -0.05) is 59.3 Å². The molecule has 0 radical (unpaired) electrons. The van der Waals surface area contributed by atoms with E-state index in [1.165, 1.54) is 0 Å². The van der Waals surface area contributed by atoms with Crippen molar-refractivity contribution in [2.75, 3.05) is 5.32 Å². The predicted molar refractivity (Wildman–Crippen MR) is 123 cm³/mol. The molecular weight excluding hydrogens is 454 g/mol. The Hall–Kier alpha value is -3.12. The Kier molecular flexibility index (Phi) is 4.02. The zero-order valence-electron chi connectivity index (χ0n) is 16.9. The van der Waals surface area contributed by atoms with Crippen molar-refractivity contribution in [3.8, 4) is 5.75 Å². The number of fused-ring (bicyclic) bond motifs is 6. The van der Waals surface area contributed by atoms with E-state index in [4.69, 9.17) is 9.84 Å². The quantitative estimate of drug-likeness (QED) is 0.544. The van der Waals surface area contributed by atoms with Crippen LogP contribution in [-0.4, -0.2) is 16.6 Å². The first-order chi connectivity index (χ1) is 15.1. The normalized spacial score (nSPS) is 23.0. The third-order valence-electron chi connectivity index (χ3n) is 6.36. The van der Waals surface area contributed by atoms with Crippen LogP contribution in [0.2, 0.25) is 0 Å². The number of anilines is 1. The summed E-state index contributed by atoms with van der Waals surface area (Å²) in [4.78, 5) is 13.5. The van der Waals surface area contributed by atoms with E-state index in [0.717, 1.165) is 50.3 Å². The maximum atomic E-state index is 13.5. The standard InChI is InChI=1S/C25H20BrN3O2/c1-2-15-7-12-20-19(13-15)25(24(30)27-20)29-22(18-5-3-4-6-23(18)31-25)14-21(28-29)16-8-10-17(26)11-9-16/h3-13,22H,2,14H2,1H3,(H,27,30)/t22-,25-/m0/s1. The van der Waals surface area contributed by atoms with E-state index in [1.54, 1.807) is 0 Å². The molecule has 1 N–H and O–H groups in total. The Morgan fingerprint density at radius 1 is 1.16 bits per heavy atom. The van der Waals surface area contributed by atoms with Crippen molar-refractivity contribution in [3.63, 3.8) is 0 Å². The van der Waals surface area contributed by atoms with Gasteiger partial charge in [0, 0.05) is 16.5 Å². The number of benzene rings is 3. The number of hydrazone groups is 1. The fourth-order valence-corrected chi connectivity index (χ4v) is 5.04. The number of rotatable bonds is 2. The van der Waals surface area contributed by atoms with Gasteiger partial charge >= 0.3 is 5.72 Å². The van der Waals surface area contributed by atoms with Gasteiger partial charge in [0.15, 0.2) is 0 Å². The largest absolute Gasteiger partial charge is 0.453 e. The number of hydrogen-bond donors (Lipinski definition) is 1. The molecule has 5 nitrogen and oxygen atoms in total. The van der Waals surface area contributed by atoms with Crippen LogP contribution in [0, 0.1) is 0 Å². The van der Waals surface area contributed by atoms with Crippen molar-refractivity contribution >= 4 is 33.2 Å². The maximum absolute atomic E-state index is 13.5. The minimum Gasteiger partial charge on any atom is -0.453 e. The summed E-state index contributed by atoms with van der Waals surface area (Å²) in [6, 6.07) is 22.1. The highest BCUT2D eigenvalue weighted by Gasteiger charge is 2.60. The molecule has 3 aromatic carbocycles. The maximum Gasteiger partial charge on any atom is 0.306 e. The number of hydrogen-bond acceptors (Lipinski definition) is 4. The van der Waals surface area contributed by atoms with Crippen LogP contribution >= 0.6 is 15.9 Å². The van der Waals surface area contributed by atoms with Crippen LogP contribution in [0.3, 0.4) is 0 Å². The molecule has 0 aliphatic carbocycles. The molecule has 0 aromatic heterocycles. The number of halogens is 1. The summed E-state index contributed by atoms with van der Waals surface area (Å²) in [5, 5.41) is 9.91. The van der Waals surface area contributed by atoms with Crippen LogP contribution in [0.15, 0.2) is 76.3 Å². The second-order valence-electron chi connectivity index (χ2n) is 8.09. The predicted octanol–water partition coefficient (Wildman–Crippen LogP) is 5.36. The summed E-state index contributed by atoms with van der Waals surface area (Å²) >= 11 is 3.50. The van der Waals surface area contributed by atoms with Crippen molar-refractivity contribution in [3.05, 3.63) is 93.5 Å². The van der Waals surface area contributed by atoms with Crippen molar-refractivity contribution < 1.29 is 9.53 Å². The third-order valence-corrected chi connectivity index (χ3v) is 6.89. The van der Waals surface area contributed by atoms with Gasteiger partial charge in [-0.05, 0) is 47.9 Å². The highest BCUT2D eigenvalue weighted by molar-refractivity contribution is 9.10. The molecule has 3 aliphatic rings. The second kappa shape index (κ2) is 6.69. The van der Waals surface area contributed by atoms with Gasteiger partial charge in [0.05, 0.1) is 23.0 Å². The summed E-state index contributed by atoms with van der Waals surface area (Å²) in [5.74, 6) is 0.539. The Morgan fingerprint density at radius 3 is 2.77 bits per heavy atom. The molecule has 3 aliphatic heterocycles. The first kappa shape index (κ1) is 18.6. The van der Waals surface area contributed by atoms with Crippen molar-refractivity contribution in [1.29, 1.82) is 0 Å². The van der Waals surface area contributed by atoms with E-state index in [9.17, 15) is 4.79 Å². The summed E-state index contributed by atoms with van der Waals surface area (Å²) in [6.45, 7) is 2.11. The molecule has 3 aromatic rings. The van der Waals surface area contributed by atoms with Crippen molar-refractivity contribution in [2.45, 2.75) is 31.5 Å². The molecule has 1 spiro atoms. The Bertz CT molecular complexity index is 1250. The molecule has 0 unspecified atom stereocenters. The smallest absolute Gasteiger partial charge is 0.306 e. The number of nitrogens with zero attached hydrogens (tertiary/aromatic N) is 2. The summed E-state index contributed by atoms with van der Waals surface area (Å²) in [6.07, 6.45) is 1.59. The SMILES string of the molecule is CCc1ccc2c(c1)[C@]1(Oc3ccccc3[C@@H]3CC(c4ccc(Br)cc4)=NN31)C(=O)N2. The van der Waals surface area contributed by atoms with Crippen LogP contribution < -0.4 is 10.1 Å². The zero-order chi connectivity index (χ0) is 21.2. The molecule has 0 bridgehead atoms. The second-order valence-corrected chi connectivity index (χ2v) is 9.01. The number of aryl methyl sites for hydroxylation is 1. The van der Waals surface area contributed by atoms with Gasteiger partial charge < -0.3 is 10.1 Å². The highest BCUT2D eigenvalue weighted by Crippen LogP contribution is 2.54. The van der Waals surface area contributed by atoms with Gasteiger partial charge in [-0.2, -0.15) is 5.10 Å². The molecule has 0 saturated carbocycles. The van der Waals surface area contributed by atoms with E-state index in [1.807, 2.05) is 47.5 Å². The molecule has 3 heterocycles. The zero-order valence-corrected chi connectivity index (χ0v) is 18.5. The van der Waals surface area contributed by atoms with E-state index in [-0.39, 0.29) is 11.9 Å². The van der Waals surface area contributed by atoms with E-state index in [0.29, 0.717) is 6.42 Å². The van der Waals surface area contributed by atoms with Crippen LogP contribution in [0.5, 0.6) is 5.75 Å². The lowest BCUT2D eigenvalue weighted by atomic mass is 9.91. The molecule has 2 atom stereocenters. The number of amides is 1. The van der Waals surface area contributed by atoms with E-state index in [2.05, 4.69) is 52.4 Å². The molecular formula is C25H20BrN3O2. The van der Waals surface area contributed by atoms with Crippen LogP contribution in [0.1, 0.15) is 41.6 Å². The summed E-state index contributed by atoms with van der Waals surface area (Å²) < 4.78 is 7.56. The summed E-state index contributed by atoms with van der Waals surface area (Å²) in [7, 11) is 0. The number of ether oxygens (including phenoxy) is 1.